The predicted octanol–water partition coefficient (Wildman–Crippen LogP) is 5.56. The zero-order valence-electron chi connectivity index (χ0n) is 30.4. The molecule has 5 N–H and O–H groups in total. The molecular formula is C36H63N3O7. The van der Waals surface area contributed by atoms with Crippen LogP contribution in [0.15, 0.2) is 18.2 Å². The number of amides is 3. The lowest BCUT2D eigenvalue weighted by molar-refractivity contribution is -0.133. The van der Waals surface area contributed by atoms with Crippen molar-refractivity contribution in [2.24, 2.45) is 28.9 Å². The fourth-order valence-electron chi connectivity index (χ4n) is 5.44. The first-order chi connectivity index (χ1) is 21.3. The molecule has 46 heavy (non-hydrogen) atoms. The lowest BCUT2D eigenvalue weighted by atomic mass is 9.78. The molecule has 0 aliphatic heterocycles. The lowest BCUT2D eigenvalue weighted by Gasteiger charge is -2.39. The number of aliphatic hydroxyl groups excluding tert-OH is 1. The van der Waals surface area contributed by atoms with Crippen molar-refractivity contribution in [1.82, 2.24) is 10.6 Å². The predicted molar refractivity (Wildman–Crippen MR) is 183 cm³/mol. The Morgan fingerprint density at radius 3 is 2.15 bits per heavy atom. The Balaban J connectivity index is 3.17. The Kier molecular flexibility index (Phi) is 16.5. The Bertz CT molecular complexity index is 1110. The first kappa shape index (κ1) is 41.2. The van der Waals surface area contributed by atoms with Crippen molar-refractivity contribution in [3.05, 3.63) is 29.3 Å². The van der Waals surface area contributed by atoms with E-state index in [-0.39, 0.29) is 18.9 Å². The molecule has 0 aromatic heterocycles. The van der Waals surface area contributed by atoms with Crippen LogP contribution in [-0.2, 0) is 31.9 Å². The van der Waals surface area contributed by atoms with Gasteiger partial charge in [-0.3, -0.25) is 9.59 Å². The maximum atomic E-state index is 13.8. The maximum absolute atomic E-state index is 13.8. The van der Waals surface area contributed by atoms with Gasteiger partial charge in [0.15, 0.2) is 0 Å². The van der Waals surface area contributed by atoms with Crippen LogP contribution in [0.2, 0.25) is 0 Å². The fraction of sp³-hybridized carbons (Fsp3) is 0.750. The summed E-state index contributed by atoms with van der Waals surface area (Å²) in [6, 6.07) is 6.37. The number of carbonyl (C=O) groups is 3. The van der Waals surface area contributed by atoms with Crippen molar-refractivity contribution in [3.8, 4) is 5.75 Å². The molecule has 0 spiro atoms. The number of aliphatic hydroxyl groups is 1. The number of alkyl carbamates (subject to hydrolysis) is 1. The molecule has 0 aliphatic rings. The van der Waals surface area contributed by atoms with E-state index in [0.29, 0.717) is 12.3 Å². The lowest BCUT2D eigenvalue weighted by Crippen LogP contribution is -2.64. The Morgan fingerprint density at radius 2 is 1.63 bits per heavy atom. The molecule has 0 aliphatic carbocycles. The Morgan fingerprint density at radius 1 is 0.978 bits per heavy atom. The minimum absolute atomic E-state index is 0.0205. The van der Waals surface area contributed by atoms with E-state index in [4.69, 9.17) is 19.9 Å². The molecule has 0 heterocycles. The highest BCUT2D eigenvalue weighted by atomic mass is 16.6. The number of methoxy groups -OCH3 is 2. The summed E-state index contributed by atoms with van der Waals surface area (Å²) in [6.45, 7) is 17.2. The van der Waals surface area contributed by atoms with Crippen molar-refractivity contribution in [1.29, 1.82) is 0 Å². The van der Waals surface area contributed by atoms with Gasteiger partial charge in [0, 0.05) is 26.7 Å². The van der Waals surface area contributed by atoms with Crippen LogP contribution in [0, 0.1) is 23.2 Å². The number of aryl methyl sites for hydroxylation is 1. The van der Waals surface area contributed by atoms with E-state index in [2.05, 4.69) is 36.6 Å². The van der Waals surface area contributed by atoms with Crippen LogP contribution in [0.5, 0.6) is 5.75 Å². The van der Waals surface area contributed by atoms with Gasteiger partial charge in [-0.25, -0.2) is 4.79 Å². The van der Waals surface area contributed by atoms with Crippen LogP contribution in [-0.4, -0.2) is 67.6 Å². The minimum atomic E-state index is -1.49. The number of nitrogens with one attached hydrogen (secondary N) is 2. The molecule has 1 aromatic rings. The standard InChI is InChI=1S/C36H63N3O7/c1-24(2)27(20-26-15-18-30(45-11)28(21-26)14-12-13-19-44-10)16-17-29(40)22-36(25(3)4,39-33(43)46-34(5,6)7)32(42)38-23-35(8,9)31(37)41/h15,18,21,24-25,27,29,40H,12-14,16-17,19-20,22-23H2,1-11H3,(H2,37,41)(H,38,42)(H,39,43)/t27-,29-,36-/m0/s1. The first-order valence-corrected chi connectivity index (χ1v) is 16.7. The zero-order valence-corrected chi connectivity index (χ0v) is 30.4. The molecule has 1 rings (SSSR count). The van der Waals surface area contributed by atoms with E-state index < -0.39 is 46.5 Å². The number of hydrogen-bond acceptors (Lipinski definition) is 7. The van der Waals surface area contributed by atoms with E-state index in [1.165, 1.54) is 11.1 Å². The molecule has 10 heteroatoms. The molecule has 0 unspecified atom stereocenters. The third-order valence-electron chi connectivity index (χ3n) is 8.73. The van der Waals surface area contributed by atoms with Crippen LogP contribution in [0.1, 0.15) is 106 Å². The second-order valence-electron chi connectivity index (χ2n) is 14.9. The number of hydrogen-bond donors (Lipinski definition) is 4. The van der Waals surface area contributed by atoms with Crippen molar-refractivity contribution in [3.63, 3.8) is 0 Å². The van der Waals surface area contributed by atoms with Crippen molar-refractivity contribution < 1.29 is 33.7 Å². The van der Waals surface area contributed by atoms with E-state index in [0.717, 1.165) is 44.5 Å². The van der Waals surface area contributed by atoms with Crippen molar-refractivity contribution in [2.75, 3.05) is 27.4 Å². The monoisotopic (exact) mass is 649 g/mol. The molecule has 0 saturated heterocycles. The van der Waals surface area contributed by atoms with Crippen molar-refractivity contribution in [2.45, 2.75) is 125 Å². The highest BCUT2D eigenvalue weighted by Crippen LogP contribution is 2.31. The summed E-state index contributed by atoms with van der Waals surface area (Å²) >= 11 is 0. The van der Waals surface area contributed by atoms with Gasteiger partial charge in [0.1, 0.15) is 16.9 Å². The van der Waals surface area contributed by atoms with Crippen LogP contribution in [0.3, 0.4) is 0 Å². The first-order valence-electron chi connectivity index (χ1n) is 16.7. The molecule has 0 saturated carbocycles. The molecule has 0 radical (unpaired) electrons. The summed E-state index contributed by atoms with van der Waals surface area (Å²) in [7, 11) is 3.41. The smallest absolute Gasteiger partial charge is 0.408 e. The van der Waals surface area contributed by atoms with E-state index in [9.17, 15) is 19.5 Å². The highest BCUT2D eigenvalue weighted by Gasteiger charge is 2.46. The Labute approximate surface area is 277 Å². The fourth-order valence-corrected chi connectivity index (χ4v) is 5.44. The number of ether oxygens (including phenoxy) is 3. The SMILES string of the molecule is COCCCCc1cc(C[C@H](CC[C@H](O)C[C@@](NC(=O)OC(C)(C)C)(C(=O)NCC(C)(C)C(N)=O)C(C)C)C(C)C)ccc1OC. The van der Waals surface area contributed by atoms with Gasteiger partial charge in [-0.2, -0.15) is 0 Å². The molecule has 0 bridgehead atoms. The van der Waals surface area contributed by atoms with Gasteiger partial charge in [0.05, 0.1) is 18.6 Å². The molecule has 3 atom stereocenters. The van der Waals surface area contributed by atoms with Crippen LogP contribution in [0.25, 0.3) is 0 Å². The molecule has 10 nitrogen and oxygen atoms in total. The largest absolute Gasteiger partial charge is 0.496 e. The zero-order chi connectivity index (χ0) is 35.3. The second kappa shape index (κ2) is 18.5. The topological polar surface area (TPSA) is 149 Å². The minimum Gasteiger partial charge on any atom is -0.496 e. The van der Waals surface area contributed by atoms with Crippen molar-refractivity contribution >= 4 is 17.9 Å². The molecular weight excluding hydrogens is 586 g/mol. The summed E-state index contributed by atoms with van der Waals surface area (Å²) in [4.78, 5) is 38.8. The number of carbonyl (C=O) groups excluding carboxylic acids is 3. The number of primary amides is 1. The Hall–Kier alpha value is -2.85. The second-order valence-corrected chi connectivity index (χ2v) is 14.9. The third kappa shape index (κ3) is 13.5. The summed E-state index contributed by atoms with van der Waals surface area (Å²) < 4.78 is 16.3. The van der Waals surface area contributed by atoms with Gasteiger partial charge >= 0.3 is 6.09 Å². The normalized spacial score (nSPS) is 14.8. The maximum Gasteiger partial charge on any atom is 0.408 e. The van der Waals surface area contributed by atoms with Crippen LogP contribution in [0.4, 0.5) is 4.79 Å². The number of nitrogens with two attached hydrogens (primary N) is 1. The van der Waals surface area contributed by atoms with Gasteiger partial charge in [-0.15, -0.1) is 0 Å². The number of unbranched alkanes of at least 4 members (excludes halogenated alkanes) is 1. The molecule has 264 valence electrons. The summed E-state index contributed by atoms with van der Waals surface area (Å²) in [5.41, 5.74) is 4.65. The average molecular weight is 650 g/mol. The third-order valence-corrected chi connectivity index (χ3v) is 8.73. The van der Waals surface area contributed by atoms with E-state index >= 15 is 0 Å². The van der Waals surface area contributed by atoms with Gasteiger partial charge in [-0.05, 0) is 108 Å². The van der Waals surface area contributed by atoms with Gasteiger partial charge in [-0.1, -0.05) is 39.8 Å². The highest BCUT2D eigenvalue weighted by molar-refractivity contribution is 5.91. The summed E-state index contributed by atoms with van der Waals surface area (Å²) in [5.74, 6) is 0.0539. The summed E-state index contributed by atoms with van der Waals surface area (Å²) in [6.07, 6.45) is 3.24. The molecule has 0 fully saturated rings. The molecule has 3 amide bonds. The van der Waals surface area contributed by atoms with Gasteiger partial charge in [0.2, 0.25) is 11.8 Å². The number of rotatable bonds is 20. The average Bonchev–Trinajstić information content (AvgIpc) is 2.94. The number of benzene rings is 1. The van der Waals surface area contributed by atoms with Crippen LogP contribution >= 0.6 is 0 Å². The van der Waals surface area contributed by atoms with Gasteiger partial charge < -0.3 is 35.7 Å². The van der Waals surface area contributed by atoms with Gasteiger partial charge in [0.25, 0.3) is 0 Å². The van der Waals surface area contributed by atoms with E-state index in [1.807, 2.05) is 19.9 Å². The summed E-state index contributed by atoms with van der Waals surface area (Å²) in [5, 5.41) is 17.0. The van der Waals surface area contributed by atoms with E-state index in [1.54, 1.807) is 48.8 Å². The van der Waals surface area contributed by atoms with Crippen LogP contribution < -0.4 is 21.1 Å². The molecule has 1 aromatic carbocycles. The quantitative estimate of drug-likeness (QED) is 0.135.